The van der Waals surface area contributed by atoms with E-state index < -0.39 is 5.91 Å². The van der Waals surface area contributed by atoms with Crippen LogP contribution in [0.4, 0.5) is 5.13 Å². The number of nitrogens with two attached hydrogens (primary N) is 1. The van der Waals surface area contributed by atoms with Crippen molar-refractivity contribution < 1.29 is 4.79 Å². The lowest BCUT2D eigenvalue weighted by molar-refractivity contribution is 0.0996. The van der Waals surface area contributed by atoms with Gasteiger partial charge in [0.15, 0.2) is 5.13 Å². The first-order chi connectivity index (χ1) is 4.74. The van der Waals surface area contributed by atoms with Crippen LogP contribution >= 0.6 is 34.2 Å². The minimum atomic E-state index is -0.492. The number of nitrogens with zero attached hydrogens (tertiary/aromatic N) is 1. The average molecular weight is 269 g/mol. The third-order valence-corrected chi connectivity index (χ3v) is 2.47. The Labute approximate surface area is 75.3 Å². The molecule has 10 heavy (non-hydrogen) atoms. The second-order valence-electron chi connectivity index (χ2n) is 1.50. The van der Waals surface area contributed by atoms with E-state index >= 15 is 0 Å². The Morgan fingerprint density at radius 1 is 1.90 bits per heavy atom. The van der Waals surface area contributed by atoms with Gasteiger partial charge < -0.3 is 9.26 Å². The van der Waals surface area contributed by atoms with Crippen molar-refractivity contribution in [1.29, 1.82) is 0 Å². The molecule has 0 unspecified atom stereocenters. The van der Waals surface area contributed by atoms with Gasteiger partial charge in [0.2, 0.25) is 0 Å². The van der Waals surface area contributed by atoms with Crippen LogP contribution in [0.25, 0.3) is 0 Å². The van der Waals surface area contributed by atoms with E-state index in [2.05, 4.69) is 8.51 Å². The standard InChI is InChI=1S/C4H4IN3OS/c5-8-4-7-2(1-10-4)3(6)9/h1H,(H2,6,9)(H,7,8). The van der Waals surface area contributed by atoms with Crippen LogP contribution in [0.1, 0.15) is 10.5 Å². The number of amides is 1. The molecule has 0 aromatic carbocycles. The predicted molar refractivity (Wildman–Crippen MR) is 48.3 cm³/mol. The highest BCUT2D eigenvalue weighted by atomic mass is 127. The van der Waals surface area contributed by atoms with E-state index in [4.69, 9.17) is 5.73 Å². The van der Waals surface area contributed by atoms with Gasteiger partial charge in [-0.3, -0.25) is 4.79 Å². The number of aromatic nitrogens is 1. The predicted octanol–water partition coefficient (Wildman–Crippen LogP) is 1.00. The Morgan fingerprint density at radius 2 is 2.60 bits per heavy atom. The normalized spacial score (nSPS) is 9.30. The summed E-state index contributed by atoms with van der Waals surface area (Å²) in [6, 6.07) is 0. The highest BCUT2D eigenvalue weighted by Crippen LogP contribution is 2.15. The minimum absolute atomic E-state index is 0.309. The zero-order valence-electron chi connectivity index (χ0n) is 4.80. The largest absolute Gasteiger partial charge is 0.364 e. The average Bonchev–Trinajstić information content (AvgIpc) is 2.34. The number of carbonyl (C=O) groups excluding carboxylic acids is 1. The van der Waals surface area contributed by atoms with Crippen LogP contribution in [-0.4, -0.2) is 10.9 Å². The molecule has 0 radical (unpaired) electrons. The molecule has 0 aliphatic carbocycles. The molecular weight excluding hydrogens is 265 g/mol. The van der Waals surface area contributed by atoms with Gasteiger partial charge in [-0.1, -0.05) is 0 Å². The number of rotatable bonds is 2. The van der Waals surface area contributed by atoms with Gasteiger partial charge in [0.1, 0.15) is 5.69 Å². The Balaban J connectivity index is 2.88. The van der Waals surface area contributed by atoms with Gasteiger partial charge in [-0.15, -0.1) is 11.3 Å². The summed E-state index contributed by atoms with van der Waals surface area (Å²) in [5.41, 5.74) is 5.27. The first-order valence-electron chi connectivity index (χ1n) is 2.36. The molecule has 0 aliphatic rings. The molecule has 0 aliphatic heterocycles. The fraction of sp³-hybridized carbons (Fsp3) is 0. The molecule has 0 saturated heterocycles. The molecule has 0 fully saturated rings. The van der Waals surface area contributed by atoms with Gasteiger partial charge in [0.25, 0.3) is 5.91 Å². The molecule has 1 amide bonds. The molecule has 1 heterocycles. The maximum atomic E-state index is 10.5. The zero-order chi connectivity index (χ0) is 7.56. The van der Waals surface area contributed by atoms with E-state index in [0.29, 0.717) is 10.8 Å². The number of primary amides is 1. The third-order valence-electron chi connectivity index (χ3n) is 0.837. The molecule has 1 rings (SSSR count). The van der Waals surface area contributed by atoms with Crippen LogP contribution in [0.5, 0.6) is 0 Å². The van der Waals surface area contributed by atoms with Crippen molar-refractivity contribution in [1.82, 2.24) is 4.98 Å². The molecule has 4 nitrogen and oxygen atoms in total. The molecule has 0 spiro atoms. The monoisotopic (exact) mass is 269 g/mol. The number of nitrogens with one attached hydrogen (secondary N) is 1. The van der Waals surface area contributed by atoms with Gasteiger partial charge in [-0.05, 0) is 0 Å². The molecular formula is C4H4IN3OS. The number of anilines is 1. The summed E-state index contributed by atoms with van der Waals surface area (Å²) in [4.78, 5) is 14.3. The minimum Gasteiger partial charge on any atom is -0.364 e. The van der Waals surface area contributed by atoms with E-state index in [-0.39, 0.29) is 0 Å². The van der Waals surface area contributed by atoms with Crippen LogP contribution in [0.3, 0.4) is 0 Å². The summed E-state index contributed by atoms with van der Waals surface area (Å²) < 4.78 is 2.77. The number of carbonyl (C=O) groups is 1. The summed E-state index contributed by atoms with van der Waals surface area (Å²) >= 11 is 3.28. The molecule has 1 aromatic rings. The fourth-order valence-corrected chi connectivity index (χ4v) is 1.52. The lowest BCUT2D eigenvalue weighted by Crippen LogP contribution is -2.10. The van der Waals surface area contributed by atoms with Gasteiger partial charge >= 0.3 is 0 Å². The van der Waals surface area contributed by atoms with Crippen molar-refractivity contribution in [2.45, 2.75) is 0 Å². The summed E-state index contributed by atoms with van der Waals surface area (Å²) in [7, 11) is 0. The first-order valence-corrected chi connectivity index (χ1v) is 4.32. The molecule has 0 saturated carbocycles. The van der Waals surface area contributed by atoms with Gasteiger partial charge in [0, 0.05) is 5.38 Å². The smallest absolute Gasteiger partial charge is 0.268 e. The summed E-state index contributed by atoms with van der Waals surface area (Å²) in [5.74, 6) is -0.492. The topological polar surface area (TPSA) is 68.0 Å². The summed E-state index contributed by atoms with van der Waals surface area (Å²) in [6.45, 7) is 0. The van der Waals surface area contributed by atoms with Crippen molar-refractivity contribution in [2.75, 3.05) is 3.53 Å². The molecule has 0 bridgehead atoms. The first kappa shape index (κ1) is 7.73. The number of hydrogen-bond acceptors (Lipinski definition) is 4. The van der Waals surface area contributed by atoms with Crippen molar-refractivity contribution in [2.24, 2.45) is 5.73 Å². The Hall–Kier alpha value is -0.370. The second kappa shape index (κ2) is 3.15. The van der Waals surface area contributed by atoms with E-state index in [1.807, 2.05) is 22.9 Å². The Kier molecular flexibility index (Phi) is 2.44. The highest BCUT2D eigenvalue weighted by Gasteiger charge is 2.04. The van der Waals surface area contributed by atoms with Crippen LogP contribution in [0.2, 0.25) is 0 Å². The van der Waals surface area contributed by atoms with Crippen LogP contribution in [0, 0.1) is 0 Å². The SMILES string of the molecule is NC(=O)c1csc(NI)n1. The van der Waals surface area contributed by atoms with E-state index in [0.717, 1.165) is 0 Å². The number of thiazole rings is 1. The lowest BCUT2D eigenvalue weighted by Gasteiger charge is -1.85. The van der Waals surface area contributed by atoms with Gasteiger partial charge in [-0.25, -0.2) is 4.98 Å². The van der Waals surface area contributed by atoms with E-state index in [9.17, 15) is 4.79 Å². The Bertz CT molecular complexity index is 248. The Morgan fingerprint density at radius 3 is 2.90 bits per heavy atom. The quantitative estimate of drug-likeness (QED) is 0.621. The number of halogens is 1. The van der Waals surface area contributed by atoms with Gasteiger partial charge in [-0.2, -0.15) is 0 Å². The molecule has 54 valence electrons. The number of hydrogen-bond donors (Lipinski definition) is 2. The molecule has 1 aromatic heterocycles. The van der Waals surface area contributed by atoms with E-state index in [1.165, 1.54) is 11.3 Å². The van der Waals surface area contributed by atoms with Crippen LogP contribution in [0.15, 0.2) is 5.38 Å². The molecule has 6 heteroatoms. The van der Waals surface area contributed by atoms with Gasteiger partial charge in [0.05, 0.1) is 22.9 Å². The maximum absolute atomic E-state index is 10.5. The molecule has 0 atom stereocenters. The highest BCUT2D eigenvalue weighted by molar-refractivity contribution is 14.1. The third kappa shape index (κ3) is 1.57. The van der Waals surface area contributed by atoms with Crippen molar-refractivity contribution in [3.05, 3.63) is 11.1 Å². The van der Waals surface area contributed by atoms with Crippen LogP contribution in [-0.2, 0) is 0 Å². The van der Waals surface area contributed by atoms with Crippen molar-refractivity contribution >= 4 is 45.2 Å². The van der Waals surface area contributed by atoms with Crippen molar-refractivity contribution in [3.63, 3.8) is 0 Å². The zero-order valence-corrected chi connectivity index (χ0v) is 7.77. The maximum Gasteiger partial charge on any atom is 0.268 e. The van der Waals surface area contributed by atoms with Crippen molar-refractivity contribution in [3.8, 4) is 0 Å². The lowest BCUT2D eigenvalue weighted by atomic mass is 10.5. The van der Waals surface area contributed by atoms with E-state index in [1.54, 1.807) is 5.38 Å². The van der Waals surface area contributed by atoms with Crippen LogP contribution < -0.4 is 9.26 Å². The summed E-state index contributed by atoms with van der Waals surface area (Å²) in [6.07, 6.45) is 0. The molecule has 3 N–H and O–H groups in total. The summed E-state index contributed by atoms with van der Waals surface area (Å²) in [5, 5.41) is 2.30. The fourth-order valence-electron chi connectivity index (χ4n) is 0.430. The second-order valence-corrected chi connectivity index (χ2v) is 2.89.